The lowest BCUT2D eigenvalue weighted by Crippen LogP contribution is -2.25. The molecule has 0 unspecified atom stereocenters. The third kappa shape index (κ3) is 2.25. The van der Waals surface area contributed by atoms with Crippen LogP contribution in [0, 0.1) is 13.8 Å². The topological polar surface area (TPSA) is 19.4 Å². The molecule has 1 aliphatic heterocycles. The number of aryl methyl sites for hydroxylation is 2. The van der Waals surface area contributed by atoms with Crippen LogP contribution >= 0.6 is 0 Å². The first-order chi connectivity index (χ1) is 11.3. The molecule has 0 bridgehead atoms. The quantitative estimate of drug-likeness (QED) is 0.668. The maximum absolute atomic E-state index is 4.64. The highest BCUT2D eigenvalue weighted by molar-refractivity contribution is 5.85. The van der Waals surface area contributed by atoms with Crippen molar-refractivity contribution in [3.63, 3.8) is 0 Å². The predicted molar refractivity (Wildman–Crippen MR) is 95.7 cm³/mol. The van der Waals surface area contributed by atoms with Crippen LogP contribution in [0.2, 0.25) is 0 Å². The summed E-state index contributed by atoms with van der Waals surface area (Å²) in [6, 6.07) is 21.1. The number of pyridine rings is 1. The average Bonchev–Trinajstić information content (AvgIpc) is 2.95. The van der Waals surface area contributed by atoms with Gasteiger partial charge in [-0.15, -0.1) is 0 Å². The van der Waals surface area contributed by atoms with Crippen molar-refractivity contribution in [1.29, 1.82) is 0 Å². The van der Waals surface area contributed by atoms with Crippen molar-refractivity contribution >= 4 is 22.9 Å². The number of nitrogens with zero attached hydrogens (tertiary/aromatic N) is 3. The second-order valence-corrected chi connectivity index (χ2v) is 5.92. The summed E-state index contributed by atoms with van der Waals surface area (Å²) >= 11 is 0. The summed E-state index contributed by atoms with van der Waals surface area (Å²) in [5.41, 5.74) is 6.18. The standard InChI is InChI=1S/C20H19N3/c1-15-8-6-9-16(2)19(15)23-14-22(17-10-4-3-5-11-17)20-18(23)12-7-13-21-20/h3-13H,14H2,1-2H3. The number of anilines is 4. The molecular formula is C20H19N3. The van der Waals surface area contributed by atoms with Gasteiger partial charge in [0.05, 0.1) is 5.69 Å². The van der Waals surface area contributed by atoms with Crippen LogP contribution in [0.25, 0.3) is 0 Å². The summed E-state index contributed by atoms with van der Waals surface area (Å²) in [6.07, 6.45) is 1.86. The lowest BCUT2D eigenvalue weighted by molar-refractivity contribution is 0.972. The van der Waals surface area contributed by atoms with Gasteiger partial charge < -0.3 is 9.80 Å². The molecule has 3 nitrogen and oxygen atoms in total. The van der Waals surface area contributed by atoms with Gasteiger partial charge in [-0.1, -0.05) is 36.4 Å². The van der Waals surface area contributed by atoms with Gasteiger partial charge in [0.2, 0.25) is 0 Å². The van der Waals surface area contributed by atoms with Crippen LogP contribution in [0.4, 0.5) is 22.9 Å². The van der Waals surface area contributed by atoms with Gasteiger partial charge in [0.15, 0.2) is 5.82 Å². The zero-order chi connectivity index (χ0) is 15.8. The summed E-state index contributed by atoms with van der Waals surface area (Å²) in [7, 11) is 0. The first kappa shape index (κ1) is 13.8. The van der Waals surface area contributed by atoms with Crippen LogP contribution in [0.15, 0.2) is 66.9 Å². The molecule has 1 aliphatic rings. The molecule has 3 aromatic rings. The van der Waals surface area contributed by atoms with Gasteiger partial charge in [0, 0.05) is 17.6 Å². The largest absolute Gasteiger partial charge is 0.319 e. The second kappa shape index (κ2) is 5.43. The van der Waals surface area contributed by atoms with E-state index in [1.165, 1.54) is 22.5 Å². The van der Waals surface area contributed by atoms with Gasteiger partial charge in [-0.3, -0.25) is 0 Å². The number of hydrogen-bond acceptors (Lipinski definition) is 3. The van der Waals surface area contributed by atoms with E-state index >= 15 is 0 Å². The molecule has 0 saturated heterocycles. The Morgan fingerprint density at radius 2 is 1.52 bits per heavy atom. The highest BCUT2D eigenvalue weighted by Crippen LogP contribution is 2.44. The molecule has 4 rings (SSSR count). The van der Waals surface area contributed by atoms with Crippen LogP contribution in [0.5, 0.6) is 0 Å². The molecule has 2 aromatic carbocycles. The van der Waals surface area contributed by atoms with Crippen molar-refractivity contribution in [3.8, 4) is 0 Å². The van der Waals surface area contributed by atoms with E-state index in [9.17, 15) is 0 Å². The predicted octanol–water partition coefficient (Wildman–Crippen LogP) is 4.95. The second-order valence-electron chi connectivity index (χ2n) is 5.92. The van der Waals surface area contributed by atoms with E-state index in [2.05, 4.69) is 77.2 Å². The molecule has 114 valence electrons. The van der Waals surface area contributed by atoms with Crippen molar-refractivity contribution in [3.05, 3.63) is 78.0 Å². The maximum Gasteiger partial charge on any atom is 0.158 e. The van der Waals surface area contributed by atoms with Gasteiger partial charge in [0.25, 0.3) is 0 Å². The van der Waals surface area contributed by atoms with Crippen LogP contribution in [0.3, 0.4) is 0 Å². The molecule has 1 aromatic heterocycles. The van der Waals surface area contributed by atoms with Gasteiger partial charge in [-0.25, -0.2) is 4.98 Å². The Morgan fingerprint density at radius 1 is 0.783 bits per heavy atom. The monoisotopic (exact) mass is 301 g/mol. The SMILES string of the molecule is Cc1cccc(C)c1N1CN(c2ccccc2)c2ncccc21. The fraction of sp³-hybridized carbons (Fsp3) is 0.150. The number of hydrogen-bond donors (Lipinski definition) is 0. The molecule has 0 N–H and O–H groups in total. The minimum absolute atomic E-state index is 0.780. The van der Waals surface area contributed by atoms with Crippen LogP contribution in [-0.2, 0) is 0 Å². The summed E-state index contributed by atoms with van der Waals surface area (Å²) in [5, 5.41) is 0. The number of benzene rings is 2. The minimum Gasteiger partial charge on any atom is -0.319 e. The Bertz CT molecular complexity index is 822. The fourth-order valence-corrected chi connectivity index (χ4v) is 3.33. The van der Waals surface area contributed by atoms with Gasteiger partial charge >= 0.3 is 0 Å². The Balaban J connectivity index is 1.85. The van der Waals surface area contributed by atoms with Crippen molar-refractivity contribution in [2.24, 2.45) is 0 Å². The third-order valence-corrected chi connectivity index (χ3v) is 4.37. The molecule has 2 heterocycles. The highest BCUT2D eigenvalue weighted by Gasteiger charge is 2.30. The zero-order valence-electron chi connectivity index (χ0n) is 13.4. The van der Waals surface area contributed by atoms with Crippen molar-refractivity contribution in [1.82, 2.24) is 4.98 Å². The summed E-state index contributed by atoms with van der Waals surface area (Å²) in [4.78, 5) is 9.26. The van der Waals surface area contributed by atoms with E-state index in [1.807, 2.05) is 18.3 Å². The summed E-state index contributed by atoms with van der Waals surface area (Å²) in [5.74, 6) is 1.02. The number of rotatable bonds is 2. The van der Waals surface area contributed by atoms with Crippen molar-refractivity contribution in [2.75, 3.05) is 16.5 Å². The lowest BCUT2D eigenvalue weighted by atomic mass is 10.1. The molecule has 0 fully saturated rings. The van der Waals surface area contributed by atoms with Crippen molar-refractivity contribution < 1.29 is 0 Å². The van der Waals surface area contributed by atoms with E-state index in [4.69, 9.17) is 0 Å². The van der Waals surface area contributed by atoms with Gasteiger partial charge in [-0.05, 0) is 49.2 Å². The van der Waals surface area contributed by atoms with E-state index < -0.39 is 0 Å². The van der Waals surface area contributed by atoms with E-state index in [0.717, 1.165) is 18.2 Å². The maximum atomic E-state index is 4.64. The van der Waals surface area contributed by atoms with E-state index in [-0.39, 0.29) is 0 Å². The first-order valence-corrected chi connectivity index (χ1v) is 7.87. The molecule has 0 radical (unpaired) electrons. The third-order valence-electron chi connectivity index (χ3n) is 4.37. The van der Waals surface area contributed by atoms with Crippen molar-refractivity contribution in [2.45, 2.75) is 13.8 Å². The Hall–Kier alpha value is -2.81. The molecular weight excluding hydrogens is 282 g/mol. The molecule has 0 saturated carbocycles. The zero-order valence-corrected chi connectivity index (χ0v) is 13.4. The molecule has 0 amide bonds. The van der Waals surface area contributed by atoms with E-state index in [0.29, 0.717) is 0 Å². The number of aromatic nitrogens is 1. The molecule has 0 aliphatic carbocycles. The fourth-order valence-electron chi connectivity index (χ4n) is 3.33. The Kier molecular flexibility index (Phi) is 3.27. The summed E-state index contributed by atoms with van der Waals surface area (Å²) < 4.78 is 0. The lowest BCUT2D eigenvalue weighted by Gasteiger charge is -2.24. The molecule has 23 heavy (non-hydrogen) atoms. The molecule has 0 spiro atoms. The minimum atomic E-state index is 0.780. The Morgan fingerprint density at radius 3 is 2.26 bits per heavy atom. The Labute approximate surface area is 136 Å². The smallest absolute Gasteiger partial charge is 0.158 e. The van der Waals surface area contributed by atoms with Gasteiger partial charge in [0.1, 0.15) is 6.67 Å². The van der Waals surface area contributed by atoms with Crippen LogP contribution in [0.1, 0.15) is 11.1 Å². The number of para-hydroxylation sites is 2. The average molecular weight is 301 g/mol. The van der Waals surface area contributed by atoms with Crippen LogP contribution in [-0.4, -0.2) is 11.7 Å². The van der Waals surface area contributed by atoms with Crippen LogP contribution < -0.4 is 9.80 Å². The first-order valence-electron chi connectivity index (χ1n) is 7.87. The van der Waals surface area contributed by atoms with E-state index in [1.54, 1.807) is 0 Å². The molecule has 3 heteroatoms. The summed E-state index contributed by atoms with van der Waals surface area (Å²) in [6.45, 7) is 5.12. The normalized spacial score (nSPS) is 13.3. The number of fused-ring (bicyclic) bond motifs is 1. The molecule has 0 atom stereocenters. The highest BCUT2D eigenvalue weighted by atomic mass is 15.4. The van der Waals surface area contributed by atoms with Gasteiger partial charge in [-0.2, -0.15) is 0 Å².